The van der Waals surface area contributed by atoms with Crippen LogP contribution in [0.2, 0.25) is 0 Å². The van der Waals surface area contributed by atoms with E-state index < -0.39 is 5.41 Å². The molecule has 0 heterocycles. The molecule has 30 heavy (non-hydrogen) atoms. The number of para-hydroxylation sites is 1. The summed E-state index contributed by atoms with van der Waals surface area (Å²) in [6.07, 6.45) is 4.83. The van der Waals surface area contributed by atoms with E-state index in [-0.39, 0.29) is 12.0 Å². The summed E-state index contributed by atoms with van der Waals surface area (Å²) in [5, 5.41) is 9.43. The van der Waals surface area contributed by atoms with E-state index in [9.17, 15) is 4.79 Å². The van der Waals surface area contributed by atoms with Crippen LogP contribution in [0.25, 0.3) is 0 Å². The number of rotatable bonds is 10. The summed E-state index contributed by atoms with van der Waals surface area (Å²) < 4.78 is 11.8. The van der Waals surface area contributed by atoms with Crippen LogP contribution in [0, 0.1) is 5.41 Å². The van der Waals surface area contributed by atoms with Crippen LogP contribution < -0.4 is 25.4 Å². The minimum atomic E-state index is -0.543. The average Bonchev–Trinajstić information content (AvgIpc) is 3.24. The van der Waals surface area contributed by atoms with E-state index in [0.717, 1.165) is 36.4 Å². The van der Waals surface area contributed by atoms with Gasteiger partial charge in [-0.25, -0.2) is 4.99 Å². The Morgan fingerprint density at radius 2 is 1.83 bits per heavy atom. The number of carbonyl (C=O) groups excluding carboxylic acids is 1. The van der Waals surface area contributed by atoms with Gasteiger partial charge in [0.25, 0.3) is 0 Å². The number of aliphatic imine (C=N–C) groups is 1. The van der Waals surface area contributed by atoms with E-state index in [2.05, 4.69) is 16.0 Å². The zero-order valence-corrected chi connectivity index (χ0v) is 19.1. The van der Waals surface area contributed by atoms with E-state index in [1.54, 1.807) is 7.11 Å². The van der Waals surface area contributed by atoms with Crippen molar-refractivity contribution in [3.63, 3.8) is 0 Å². The van der Waals surface area contributed by atoms with Crippen LogP contribution in [0.3, 0.4) is 0 Å². The second-order valence-electron chi connectivity index (χ2n) is 8.26. The van der Waals surface area contributed by atoms with E-state index in [0.29, 0.717) is 25.6 Å². The van der Waals surface area contributed by atoms with Gasteiger partial charge in [-0.3, -0.25) is 4.79 Å². The number of benzene rings is 1. The first-order valence-electron chi connectivity index (χ1n) is 11.0. The molecule has 1 fully saturated rings. The fourth-order valence-electron chi connectivity index (χ4n) is 3.44. The highest BCUT2D eigenvalue weighted by molar-refractivity contribution is 5.84. The van der Waals surface area contributed by atoms with Crippen LogP contribution in [0.15, 0.2) is 23.2 Å². The third kappa shape index (κ3) is 6.82. The summed E-state index contributed by atoms with van der Waals surface area (Å²) in [6.45, 7) is 10.1. The smallest absolute Gasteiger partial charge is 0.227 e. The third-order valence-electron chi connectivity index (χ3n) is 5.27. The maximum atomic E-state index is 12.3. The van der Waals surface area contributed by atoms with Crippen molar-refractivity contribution in [3.8, 4) is 11.5 Å². The predicted molar refractivity (Wildman–Crippen MR) is 121 cm³/mol. The Morgan fingerprint density at radius 3 is 2.47 bits per heavy atom. The van der Waals surface area contributed by atoms with Gasteiger partial charge >= 0.3 is 0 Å². The lowest BCUT2D eigenvalue weighted by Crippen LogP contribution is -2.47. The molecule has 2 rings (SSSR count). The first-order valence-corrected chi connectivity index (χ1v) is 11.0. The fourth-order valence-corrected chi connectivity index (χ4v) is 3.44. The molecule has 0 unspecified atom stereocenters. The van der Waals surface area contributed by atoms with Gasteiger partial charge in [-0.2, -0.15) is 0 Å². The third-order valence-corrected chi connectivity index (χ3v) is 5.27. The molecule has 1 aliphatic rings. The molecule has 0 saturated heterocycles. The van der Waals surface area contributed by atoms with Gasteiger partial charge in [-0.1, -0.05) is 12.1 Å². The number of nitrogens with one attached hydrogen (secondary N) is 3. The van der Waals surface area contributed by atoms with Crippen LogP contribution in [0.1, 0.15) is 58.9 Å². The number of guanidine groups is 1. The van der Waals surface area contributed by atoms with Crippen molar-refractivity contribution < 1.29 is 14.3 Å². The van der Waals surface area contributed by atoms with E-state index >= 15 is 0 Å². The van der Waals surface area contributed by atoms with Crippen LogP contribution in [-0.4, -0.2) is 44.7 Å². The first kappa shape index (κ1) is 23.8. The highest BCUT2D eigenvalue weighted by Crippen LogP contribution is 2.35. The van der Waals surface area contributed by atoms with Crippen molar-refractivity contribution in [3.05, 3.63) is 23.8 Å². The molecule has 0 aromatic heterocycles. The minimum Gasteiger partial charge on any atom is -0.493 e. The fraction of sp³-hybridized carbons (Fsp3) is 0.652. The molecule has 7 heteroatoms. The average molecular weight is 419 g/mol. The maximum absolute atomic E-state index is 12.3. The predicted octanol–water partition coefficient (Wildman–Crippen LogP) is 3.23. The van der Waals surface area contributed by atoms with Crippen LogP contribution in [0.4, 0.5) is 0 Å². The van der Waals surface area contributed by atoms with Crippen molar-refractivity contribution in [2.45, 2.75) is 66.0 Å². The van der Waals surface area contributed by atoms with Gasteiger partial charge in [0.15, 0.2) is 17.5 Å². The zero-order chi connectivity index (χ0) is 22.0. The summed E-state index contributed by atoms with van der Waals surface area (Å²) >= 11 is 0. The number of ether oxygens (including phenoxy) is 2. The highest BCUT2D eigenvalue weighted by Gasteiger charge is 2.27. The van der Waals surface area contributed by atoms with Gasteiger partial charge < -0.3 is 25.4 Å². The Labute approximate surface area is 181 Å². The van der Waals surface area contributed by atoms with Gasteiger partial charge in [0.2, 0.25) is 5.91 Å². The molecule has 1 aromatic rings. The molecule has 0 bridgehead atoms. The second-order valence-corrected chi connectivity index (χ2v) is 8.26. The topological polar surface area (TPSA) is 84.0 Å². The van der Waals surface area contributed by atoms with Crippen molar-refractivity contribution in [1.29, 1.82) is 0 Å². The minimum absolute atomic E-state index is 0.0217. The molecule has 0 radical (unpaired) electrons. The monoisotopic (exact) mass is 418 g/mol. The van der Waals surface area contributed by atoms with E-state index in [1.807, 2.05) is 45.9 Å². The number of nitrogens with zero attached hydrogens (tertiary/aromatic N) is 1. The Balaban J connectivity index is 2.12. The second kappa shape index (κ2) is 11.7. The Morgan fingerprint density at radius 1 is 1.13 bits per heavy atom. The lowest BCUT2D eigenvalue weighted by Gasteiger charge is -2.25. The van der Waals surface area contributed by atoms with Crippen LogP contribution >= 0.6 is 0 Å². The maximum Gasteiger partial charge on any atom is 0.227 e. The number of hydrogen-bond donors (Lipinski definition) is 3. The lowest BCUT2D eigenvalue weighted by atomic mass is 9.92. The Bertz CT molecular complexity index is 712. The zero-order valence-electron chi connectivity index (χ0n) is 19.1. The number of hydrogen-bond acceptors (Lipinski definition) is 4. The molecule has 0 aliphatic heterocycles. The number of carbonyl (C=O) groups is 1. The molecule has 3 N–H and O–H groups in total. The van der Waals surface area contributed by atoms with Crippen molar-refractivity contribution in [2.24, 2.45) is 10.4 Å². The molecule has 168 valence electrons. The summed E-state index contributed by atoms with van der Waals surface area (Å²) in [7, 11) is 1.67. The van der Waals surface area contributed by atoms with Gasteiger partial charge in [-0.05, 0) is 59.4 Å². The molecule has 7 nitrogen and oxygen atoms in total. The molecule has 1 amide bonds. The SMILES string of the molecule is CCNC(=O)C(C)(C)CNC(=NCc1cccc(OC)c1OC1CCCC1)NCC. The van der Waals surface area contributed by atoms with Gasteiger partial charge in [0.05, 0.1) is 25.2 Å². The summed E-state index contributed by atoms with van der Waals surface area (Å²) in [5.74, 6) is 2.22. The van der Waals surface area contributed by atoms with Crippen molar-refractivity contribution in [2.75, 3.05) is 26.7 Å². The quantitative estimate of drug-likeness (QED) is 0.401. The normalized spacial score (nSPS) is 15.0. The Hall–Kier alpha value is -2.44. The van der Waals surface area contributed by atoms with Gasteiger partial charge in [-0.15, -0.1) is 0 Å². The van der Waals surface area contributed by atoms with Gasteiger partial charge in [0.1, 0.15) is 0 Å². The van der Waals surface area contributed by atoms with Crippen LogP contribution in [-0.2, 0) is 11.3 Å². The summed E-state index contributed by atoms with van der Waals surface area (Å²) in [4.78, 5) is 17.0. The van der Waals surface area contributed by atoms with Crippen molar-refractivity contribution >= 4 is 11.9 Å². The molecule has 1 aromatic carbocycles. The molecular weight excluding hydrogens is 380 g/mol. The molecular formula is C23H38N4O3. The summed E-state index contributed by atoms with van der Waals surface area (Å²) in [5.41, 5.74) is 0.445. The molecule has 1 saturated carbocycles. The highest BCUT2D eigenvalue weighted by atomic mass is 16.5. The standard InChI is InChI=1S/C23H38N4O3/c1-6-24-21(28)23(3,4)16-27-22(25-7-2)26-15-17-11-10-14-19(29-5)20(17)30-18-12-8-9-13-18/h10-11,14,18H,6-9,12-13,15-16H2,1-5H3,(H,24,28)(H2,25,26,27). The van der Waals surface area contributed by atoms with Crippen molar-refractivity contribution in [1.82, 2.24) is 16.0 Å². The van der Waals surface area contributed by atoms with E-state index in [1.165, 1.54) is 12.8 Å². The molecule has 0 atom stereocenters. The van der Waals surface area contributed by atoms with Gasteiger partial charge in [0, 0.05) is 25.2 Å². The van der Waals surface area contributed by atoms with Crippen LogP contribution in [0.5, 0.6) is 11.5 Å². The molecule has 1 aliphatic carbocycles. The molecule has 0 spiro atoms. The number of amides is 1. The number of methoxy groups -OCH3 is 1. The lowest BCUT2D eigenvalue weighted by molar-refractivity contribution is -0.128. The van der Waals surface area contributed by atoms with E-state index in [4.69, 9.17) is 14.5 Å². The first-order chi connectivity index (χ1) is 14.4. The summed E-state index contributed by atoms with van der Waals surface area (Å²) in [6, 6.07) is 5.91. The Kier molecular flexibility index (Phi) is 9.27. The largest absolute Gasteiger partial charge is 0.493 e.